The van der Waals surface area contributed by atoms with Crippen molar-refractivity contribution in [3.63, 3.8) is 0 Å². The zero-order valence-corrected chi connectivity index (χ0v) is 7.05. The maximum absolute atomic E-state index is 11.1. The van der Waals surface area contributed by atoms with Gasteiger partial charge in [0.1, 0.15) is 5.60 Å². The van der Waals surface area contributed by atoms with Crippen LogP contribution in [0.5, 0.6) is 0 Å². The molecule has 3 nitrogen and oxygen atoms in total. The van der Waals surface area contributed by atoms with E-state index in [0.717, 1.165) is 6.42 Å². The maximum atomic E-state index is 11.1. The summed E-state index contributed by atoms with van der Waals surface area (Å²) in [5, 5.41) is 12.1. The highest BCUT2D eigenvalue weighted by Crippen LogP contribution is 2.35. The third kappa shape index (κ3) is 1.93. The molecule has 11 heavy (non-hydrogen) atoms. The van der Waals surface area contributed by atoms with Gasteiger partial charge in [-0.1, -0.05) is 6.92 Å². The number of aliphatic hydroxyl groups is 1. The first kappa shape index (κ1) is 8.53. The van der Waals surface area contributed by atoms with E-state index in [2.05, 4.69) is 5.32 Å². The van der Waals surface area contributed by atoms with Gasteiger partial charge in [-0.15, -0.1) is 0 Å². The van der Waals surface area contributed by atoms with E-state index >= 15 is 0 Å². The molecule has 0 bridgehead atoms. The largest absolute Gasteiger partial charge is 0.380 e. The number of carbonyl (C=O) groups is 1. The minimum absolute atomic E-state index is 0.173. The van der Waals surface area contributed by atoms with E-state index in [1.165, 1.54) is 0 Å². The Balaban J connectivity index is 2.32. The van der Waals surface area contributed by atoms with Gasteiger partial charge in [0.2, 0.25) is 0 Å². The molecule has 64 valence electrons. The van der Waals surface area contributed by atoms with Crippen molar-refractivity contribution in [3.8, 4) is 0 Å². The highest BCUT2D eigenvalue weighted by Gasteiger charge is 2.48. The van der Waals surface area contributed by atoms with Gasteiger partial charge < -0.3 is 10.4 Å². The van der Waals surface area contributed by atoms with Gasteiger partial charge in [-0.2, -0.15) is 0 Å². The molecule has 1 fully saturated rings. The second-order valence-corrected chi connectivity index (χ2v) is 3.31. The standard InChI is InChI=1S/C8H15NO2/c1-3-6(2)9-7(10)8(11)4-5-8/h6,11H,3-5H2,1-2H3,(H,9,10)/t6-/m1/s1. The van der Waals surface area contributed by atoms with Gasteiger partial charge in [-0.25, -0.2) is 0 Å². The average Bonchev–Trinajstić information content (AvgIpc) is 2.69. The van der Waals surface area contributed by atoms with Crippen molar-refractivity contribution in [2.75, 3.05) is 0 Å². The molecule has 1 aliphatic rings. The number of nitrogens with one attached hydrogen (secondary N) is 1. The van der Waals surface area contributed by atoms with Crippen LogP contribution in [0.2, 0.25) is 0 Å². The second-order valence-electron chi connectivity index (χ2n) is 3.31. The van der Waals surface area contributed by atoms with E-state index < -0.39 is 5.60 Å². The minimum Gasteiger partial charge on any atom is -0.380 e. The predicted molar refractivity (Wildman–Crippen MR) is 42.1 cm³/mol. The summed E-state index contributed by atoms with van der Waals surface area (Å²) in [5.41, 5.74) is -1.01. The molecule has 0 spiro atoms. The summed E-state index contributed by atoms with van der Waals surface area (Å²) < 4.78 is 0. The van der Waals surface area contributed by atoms with Crippen molar-refractivity contribution in [3.05, 3.63) is 0 Å². The number of carbonyl (C=O) groups excluding carboxylic acids is 1. The fourth-order valence-electron chi connectivity index (χ4n) is 0.806. The first-order chi connectivity index (χ1) is 5.08. The van der Waals surface area contributed by atoms with E-state index in [1.807, 2.05) is 13.8 Å². The van der Waals surface area contributed by atoms with E-state index in [0.29, 0.717) is 12.8 Å². The molecule has 1 amide bonds. The summed E-state index contributed by atoms with van der Waals surface area (Å²) in [4.78, 5) is 11.1. The van der Waals surface area contributed by atoms with Crippen molar-refractivity contribution in [2.24, 2.45) is 0 Å². The molecule has 1 saturated carbocycles. The van der Waals surface area contributed by atoms with Crippen LogP contribution in [0.15, 0.2) is 0 Å². The molecule has 0 radical (unpaired) electrons. The van der Waals surface area contributed by atoms with E-state index in [9.17, 15) is 9.90 Å². The van der Waals surface area contributed by atoms with Crippen LogP contribution >= 0.6 is 0 Å². The highest BCUT2D eigenvalue weighted by atomic mass is 16.3. The lowest BCUT2D eigenvalue weighted by Gasteiger charge is -2.13. The van der Waals surface area contributed by atoms with Crippen LogP contribution in [-0.4, -0.2) is 22.7 Å². The molecule has 1 atom stereocenters. The Morgan fingerprint density at radius 1 is 1.73 bits per heavy atom. The van der Waals surface area contributed by atoms with Gasteiger partial charge in [0, 0.05) is 6.04 Å². The molecule has 0 aromatic carbocycles. The monoisotopic (exact) mass is 157 g/mol. The van der Waals surface area contributed by atoms with Gasteiger partial charge in [-0.05, 0) is 26.2 Å². The molecule has 0 aromatic heterocycles. The van der Waals surface area contributed by atoms with Crippen LogP contribution in [-0.2, 0) is 4.79 Å². The molecule has 1 aliphatic carbocycles. The Morgan fingerprint density at radius 2 is 2.27 bits per heavy atom. The van der Waals surface area contributed by atoms with E-state index in [4.69, 9.17) is 0 Å². The molecule has 0 unspecified atom stereocenters. The van der Waals surface area contributed by atoms with Crippen molar-refractivity contribution >= 4 is 5.91 Å². The molecule has 0 saturated heterocycles. The molecule has 2 N–H and O–H groups in total. The summed E-state index contributed by atoms with van der Waals surface area (Å²) >= 11 is 0. The van der Waals surface area contributed by atoms with E-state index in [-0.39, 0.29) is 11.9 Å². The van der Waals surface area contributed by atoms with Gasteiger partial charge in [0.05, 0.1) is 0 Å². The lowest BCUT2D eigenvalue weighted by Crippen LogP contribution is -2.41. The van der Waals surface area contributed by atoms with E-state index in [1.54, 1.807) is 0 Å². The van der Waals surface area contributed by atoms with Gasteiger partial charge in [0.25, 0.3) is 5.91 Å². The average molecular weight is 157 g/mol. The topological polar surface area (TPSA) is 49.3 Å². The lowest BCUT2D eigenvalue weighted by molar-refractivity contribution is -0.132. The molecular formula is C8H15NO2. The molecule has 0 aliphatic heterocycles. The number of amides is 1. The van der Waals surface area contributed by atoms with Crippen LogP contribution in [0.4, 0.5) is 0 Å². The lowest BCUT2D eigenvalue weighted by atomic mass is 10.2. The Labute approximate surface area is 66.8 Å². The Kier molecular flexibility index (Phi) is 2.18. The van der Waals surface area contributed by atoms with Gasteiger partial charge in [0.15, 0.2) is 0 Å². The van der Waals surface area contributed by atoms with Crippen LogP contribution in [0.1, 0.15) is 33.1 Å². The smallest absolute Gasteiger partial charge is 0.252 e. The van der Waals surface area contributed by atoms with Gasteiger partial charge in [-0.3, -0.25) is 4.79 Å². The summed E-state index contributed by atoms with van der Waals surface area (Å²) in [5.74, 6) is -0.202. The van der Waals surface area contributed by atoms with Crippen molar-refractivity contribution < 1.29 is 9.90 Å². The second kappa shape index (κ2) is 2.81. The summed E-state index contributed by atoms with van der Waals surface area (Å²) in [6.45, 7) is 3.94. The number of rotatable bonds is 3. The number of hydrogen-bond donors (Lipinski definition) is 2. The van der Waals surface area contributed by atoms with Crippen LogP contribution in [0.25, 0.3) is 0 Å². The molecular weight excluding hydrogens is 142 g/mol. The third-order valence-corrected chi connectivity index (χ3v) is 2.14. The molecule has 0 aromatic rings. The summed E-state index contributed by atoms with van der Waals surface area (Å²) in [6.07, 6.45) is 2.15. The van der Waals surface area contributed by atoms with Crippen molar-refractivity contribution in [1.82, 2.24) is 5.32 Å². The van der Waals surface area contributed by atoms with Crippen molar-refractivity contribution in [1.29, 1.82) is 0 Å². The minimum atomic E-state index is -1.01. The van der Waals surface area contributed by atoms with Crippen LogP contribution in [0, 0.1) is 0 Å². The molecule has 3 heteroatoms. The van der Waals surface area contributed by atoms with Crippen molar-refractivity contribution in [2.45, 2.75) is 44.8 Å². The van der Waals surface area contributed by atoms with Gasteiger partial charge >= 0.3 is 0 Å². The summed E-state index contributed by atoms with van der Waals surface area (Å²) in [6, 6.07) is 0.173. The predicted octanol–water partition coefficient (Wildman–Crippen LogP) is 0.426. The van der Waals surface area contributed by atoms with Crippen LogP contribution in [0.3, 0.4) is 0 Å². The normalized spacial score (nSPS) is 22.5. The fourth-order valence-corrected chi connectivity index (χ4v) is 0.806. The highest BCUT2D eigenvalue weighted by molar-refractivity contribution is 5.87. The zero-order valence-electron chi connectivity index (χ0n) is 7.05. The fraction of sp³-hybridized carbons (Fsp3) is 0.875. The Hall–Kier alpha value is -0.570. The maximum Gasteiger partial charge on any atom is 0.252 e. The molecule has 0 heterocycles. The summed E-state index contributed by atoms with van der Waals surface area (Å²) in [7, 11) is 0. The number of hydrogen-bond acceptors (Lipinski definition) is 2. The first-order valence-corrected chi connectivity index (χ1v) is 4.12. The zero-order chi connectivity index (χ0) is 8.48. The Bertz CT molecular complexity index is 163. The first-order valence-electron chi connectivity index (χ1n) is 4.12. The quantitative estimate of drug-likeness (QED) is 0.624. The third-order valence-electron chi connectivity index (χ3n) is 2.14. The van der Waals surface area contributed by atoms with Crippen LogP contribution < -0.4 is 5.32 Å². The Morgan fingerprint density at radius 3 is 2.64 bits per heavy atom. The SMILES string of the molecule is CC[C@@H](C)NC(=O)C1(O)CC1. The molecule has 1 rings (SSSR count).